The average Bonchev–Trinajstić information content (AvgIpc) is 2.07. The Morgan fingerprint density at radius 2 is 2.00 bits per heavy atom. The minimum Gasteiger partial charge on any atom is -0.396 e. The summed E-state index contributed by atoms with van der Waals surface area (Å²) in [6.07, 6.45) is 0.396. The third-order valence-electron chi connectivity index (χ3n) is 2.12. The van der Waals surface area contributed by atoms with Gasteiger partial charge in [-0.05, 0) is 37.0 Å². The van der Waals surface area contributed by atoms with Gasteiger partial charge in [0.05, 0.1) is 0 Å². The number of benzene rings is 1. The monoisotopic (exact) mass is 168 g/mol. The fraction of sp³-hybridized carbons (Fsp3) is 0.400. The topological polar surface area (TPSA) is 20.2 Å². The SMILES string of the molecule is Cc1ccc(CCO)c(F)c1C. The Morgan fingerprint density at radius 3 is 2.58 bits per heavy atom. The lowest BCUT2D eigenvalue weighted by Crippen LogP contribution is -1.98. The zero-order valence-electron chi connectivity index (χ0n) is 7.39. The van der Waals surface area contributed by atoms with Crippen LogP contribution in [-0.4, -0.2) is 11.7 Å². The highest BCUT2D eigenvalue weighted by Crippen LogP contribution is 2.16. The predicted octanol–water partition coefficient (Wildman–Crippen LogP) is 1.98. The lowest BCUT2D eigenvalue weighted by molar-refractivity contribution is 0.297. The van der Waals surface area contributed by atoms with E-state index < -0.39 is 0 Å². The van der Waals surface area contributed by atoms with Gasteiger partial charge in [-0.25, -0.2) is 4.39 Å². The summed E-state index contributed by atoms with van der Waals surface area (Å²) in [5, 5.41) is 8.64. The third kappa shape index (κ3) is 1.64. The minimum absolute atomic E-state index is 0.000574. The van der Waals surface area contributed by atoms with Crippen LogP contribution in [-0.2, 0) is 6.42 Å². The maximum absolute atomic E-state index is 13.3. The van der Waals surface area contributed by atoms with Gasteiger partial charge in [-0.1, -0.05) is 12.1 Å². The fourth-order valence-electron chi connectivity index (χ4n) is 1.15. The number of rotatable bonds is 2. The van der Waals surface area contributed by atoms with Crippen LogP contribution in [0.5, 0.6) is 0 Å². The molecule has 0 unspecified atom stereocenters. The first-order valence-corrected chi connectivity index (χ1v) is 4.02. The maximum atomic E-state index is 13.3. The summed E-state index contributed by atoms with van der Waals surface area (Å²) >= 11 is 0. The summed E-state index contributed by atoms with van der Waals surface area (Å²) in [5.41, 5.74) is 2.23. The molecule has 66 valence electrons. The van der Waals surface area contributed by atoms with E-state index in [0.29, 0.717) is 17.5 Å². The van der Waals surface area contributed by atoms with Gasteiger partial charge in [-0.2, -0.15) is 0 Å². The van der Waals surface area contributed by atoms with Crippen LogP contribution in [0.3, 0.4) is 0 Å². The van der Waals surface area contributed by atoms with Crippen molar-refractivity contribution in [3.63, 3.8) is 0 Å². The lowest BCUT2D eigenvalue weighted by atomic mass is 10.0. The second kappa shape index (κ2) is 3.68. The van der Waals surface area contributed by atoms with Crippen molar-refractivity contribution in [3.05, 3.63) is 34.6 Å². The zero-order valence-corrected chi connectivity index (χ0v) is 7.39. The Balaban J connectivity index is 3.08. The van der Waals surface area contributed by atoms with Crippen LogP contribution in [0, 0.1) is 19.7 Å². The van der Waals surface area contributed by atoms with Gasteiger partial charge >= 0.3 is 0 Å². The molecular weight excluding hydrogens is 155 g/mol. The average molecular weight is 168 g/mol. The normalized spacial score (nSPS) is 10.3. The van der Waals surface area contributed by atoms with Crippen LogP contribution in [0.1, 0.15) is 16.7 Å². The van der Waals surface area contributed by atoms with Gasteiger partial charge in [0.15, 0.2) is 0 Å². The fourth-order valence-corrected chi connectivity index (χ4v) is 1.15. The van der Waals surface area contributed by atoms with Crippen LogP contribution in [0.25, 0.3) is 0 Å². The van der Waals surface area contributed by atoms with Crippen molar-refractivity contribution in [2.24, 2.45) is 0 Å². The molecule has 0 bridgehead atoms. The third-order valence-corrected chi connectivity index (χ3v) is 2.12. The van der Waals surface area contributed by atoms with E-state index in [4.69, 9.17) is 5.11 Å². The molecule has 1 N–H and O–H groups in total. The van der Waals surface area contributed by atoms with E-state index in [2.05, 4.69) is 0 Å². The van der Waals surface area contributed by atoms with E-state index in [1.807, 2.05) is 13.0 Å². The van der Waals surface area contributed by atoms with Crippen LogP contribution in [0.4, 0.5) is 4.39 Å². The largest absolute Gasteiger partial charge is 0.396 e. The first kappa shape index (κ1) is 9.20. The summed E-state index contributed by atoms with van der Waals surface area (Å²) < 4.78 is 13.3. The molecule has 0 heterocycles. The number of aryl methyl sites for hydroxylation is 1. The van der Waals surface area contributed by atoms with Gasteiger partial charge in [-0.3, -0.25) is 0 Å². The van der Waals surface area contributed by atoms with Crippen molar-refractivity contribution in [1.82, 2.24) is 0 Å². The van der Waals surface area contributed by atoms with E-state index >= 15 is 0 Å². The summed E-state index contributed by atoms with van der Waals surface area (Å²) in [5.74, 6) is -0.177. The second-order valence-corrected chi connectivity index (χ2v) is 2.95. The summed E-state index contributed by atoms with van der Waals surface area (Å²) in [4.78, 5) is 0. The van der Waals surface area contributed by atoms with Crippen molar-refractivity contribution in [2.75, 3.05) is 6.61 Å². The molecular formula is C10H13FO. The molecule has 0 radical (unpaired) electrons. The van der Waals surface area contributed by atoms with Gasteiger partial charge in [0.25, 0.3) is 0 Å². The number of hydrogen-bond acceptors (Lipinski definition) is 1. The Hall–Kier alpha value is -0.890. The standard InChI is InChI=1S/C10H13FO/c1-7-3-4-9(5-6-12)10(11)8(7)2/h3-4,12H,5-6H2,1-2H3. The van der Waals surface area contributed by atoms with Crippen molar-refractivity contribution >= 4 is 0 Å². The van der Waals surface area contributed by atoms with Crippen molar-refractivity contribution in [1.29, 1.82) is 0 Å². The minimum atomic E-state index is -0.177. The number of aliphatic hydroxyl groups excluding tert-OH is 1. The van der Waals surface area contributed by atoms with Crippen molar-refractivity contribution in [2.45, 2.75) is 20.3 Å². The predicted molar refractivity (Wildman–Crippen MR) is 46.7 cm³/mol. The molecule has 0 atom stereocenters. The van der Waals surface area contributed by atoms with Gasteiger partial charge in [0.2, 0.25) is 0 Å². The lowest BCUT2D eigenvalue weighted by Gasteiger charge is -2.06. The second-order valence-electron chi connectivity index (χ2n) is 2.95. The molecule has 0 fully saturated rings. The first-order chi connectivity index (χ1) is 5.66. The number of hydrogen-bond donors (Lipinski definition) is 1. The van der Waals surface area contributed by atoms with Gasteiger partial charge in [0.1, 0.15) is 5.82 Å². The Morgan fingerprint density at radius 1 is 1.33 bits per heavy atom. The Kier molecular flexibility index (Phi) is 2.82. The number of halogens is 1. The number of aliphatic hydroxyl groups is 1. The maximum Gasteiger partial charge on any atom is 0.129 e. The molecule has 0 aromatic heterocycles. The van der Waals surface area contributed by atoms with Crippen LogP contribution >= 0.6 is 0 Å². The molecule has 0 aliphatic carbocycles. The molecule has 1 aromatic carbocycles. The van der Waals surface area contributed by atoms with Crippen LogP contribution < -0.4 is 0 Å². The zero-order chi connectivity index (χ0) is 9.14. The highest BCUT2D eigenvalue weighted by Gasteiger charge is 2.05. The smallest absolute Gasteiger partial charge is 0.129 e. The highest BCUT2D eigenvalue weighted by atomic mass is 19.1. The molecule has 1 aromatic rings. The molecule has 0 aliphatic heterocycles. The molecule has 1 nitrogen and oxygen atoms in total. The Bertz CT molecular complexity index is 281. The van der Waals surface area contributed by atoms with Crippen LogP contribution in [0.2, 0.25) is 0 Å². The van der Waals surface area contributed by atoms with Crippen LogP contribution in [0.15, 0.2) is 12.1 Å². The van der Waals surface area contributed by atoms with Gasteiger partial charge in [-0.15, -0.1) is 0 Å². The van der Waals surface area contributed by atoms with Gasteiger partial charge in [0, 0.05) is 6.61 Å². The molecule has 2 heteroatoms. The molecule has 0 amide bonds. The Labute approximate surface area is 71.9 Å². The van der Waals surface area contributed by atoms with E-state index in [0.717, 1.165) is 5.56 Å². The first-order valence-electron chi connectivity index (χ1n) is 4.02. The van der Waals surface area contributed by atoms with E-state index in [1.54, 1.807) is 13.0 Å². The van der Waals surface area contributed by atoms with E-state index in [9.17, 15) is 4.39 Å². The van der Waals surface area contributed by atoms with E-state index in [-0.39, 0.29) is 12.4 Å². The van der Waals surface area contributed by atoms with Gasteiger partial charge < -0.3 is 5.11 Å². The quantitative estimate of drug-likeness (QED) is 0.715. The molecule has 1 rings (SSSR count). The summed E-state index contributed by atoms with van der Waals surface area (Å²) in [7, 11) is 0. The van der Waals surface area contributed by atoms with Crippen molar-refractivity contribution in [3.8, 4) is 0 Å². The molecule has 0 aliphatic rings. The van der Waals surface area contributed by atoms with Crippen molar-refractivity contribution < 1.29 is 9.50 Å². The van der Waals surface area contributed by atoms with E-state index in [1.165, 1.54) is 0 Å². The molecule has 0 saturated carbocycles. The summed E-state index contributed by atoms with van der Waals surface area (Å²) in [6.45, 7) is 3.63. The highest BCUT2D eigenvalue weighted by molar-refractivity contribution is 5.32. The molecule has 12 heavy (non-hydrogen) atoms. The summed E-state index contributed by atoms with van der Waals surface area (Å²) in [6, 6.07) is 3.61. The molecule has 0 saturated heterocycles. The molecule has 0 spiro atoms.